The molecule has 2 aliphatic rings. The van der Waals surface area contributed by atoms with Gasteiger partial charge in [-0.3, -0.25) is 0 Å². The van der Waals surface area contributed by atoms with Crippen LogP contribution in [-0.2, 0) is 0 Å². The Morgan fingerprint density at radius 2 is 1.45 bits per heavy atom. The highest BCUT2D eigenvalue weighted by Crippen LogP contribution is 2.21. The summed E-state index contributed by atoms with van der Waals surface area (Å²) in [6.45, 7) is 3.24. The first kappa shape index (κ1) is 17.9. The molecule has 0 aromatic rings. The van der Waals surface area contributed by atoms with E-state index in [1.54, 1.807) is 0 Å². The minimum atomic E-state index is 0.829. The number of nitrogens with two attached hydrogens (primary N) is 1. The van der Waals surface area contributed by atoms with Gasteiger partial charge in [0.05, 0.1) is 0 Å². The van der Waals surface area contributed by atoms with Crippen LogP contribution in [0.3, 0.4) is 0 Å². The SMILES string of the molecule is CNCCCNC1CCCCC1.NCC1CCCCC1. The van der Waals surface area contributed by atoms with Gasteiger partial charge in [0.1, 0.15) is 0 Å². The first-order valence-electron chi connectivity index (χ1n) is 8.95. The lowest BCUT2D eigenvalue weighted by Gasteiger charge is -2.22. The van der Waals surface area contributed by atoms with E-state index < -0.39 is 0 Å². The lowest BCUT2D eigenvalue weighted by molar-refractivity contribution is 0.366. The smallest absolute Gasteiger partial charge is 0.00670 e. The Kier molecular flexibility index (Phi) is 11.3. The second-order valence-corrected chi connectivity index (χ2v) is 6.49. The molecule has 20 heavy (non-hydrogen) atoms. The molecule has 0 saturated heterocycles. The van der Waals surface area contributed by atoms with Crippen LogP contribution in [0.5, 0.6) is 0 Å². The van der Waals surface area contributed by atoms with Crippen LogP contribution in [0, 0.1) is 5.92 Å². The van der Waals surface area contributed by atoms with Crippen molar-refractivity contribution in [2.75, 3.05) is 26.7 Å². The minimum absolute atomic E-state index is 0.829. The molecule has 2 fully saturated rings. The monoisotopic (exact) mass is 283 g/mol. The second kappa shape index (κ2) is 12.6. The number of hydrogen-bond acceptors (Lipinski definition) is 3. The predicted molar refractivity (Wildman–Crippen MR) is 89.0 cm³/mol. The van der Waals surface area contributed by atoms with Gasteiger partial charge in [0.25, 0.3) is 0 Å². The van der Waals surface area contributed by atoms with E-state index in [9.17, 15) is 0 Å². The highest BCUT2D eigenvalue weighted by molar-refractivity contribution is 4.71. The lowest BCUT2D eigenvalue weighted by atomic mass is 9.90. The third-order valence-electron chi connectivity index (χ3n) is 4.70. The van der Waals surface area contributed by atoms with Gasteiger partial charge in [-0.15, -0.1) is 0 Å². The van der Waals surface area contributed by atoms with Crippen molar-refractivity contribution in [1.29, 1.82) is 0 Å². The molecule has 2 rings (SSSR count). The fourth-order valence-electron chi connectivity index (χ4n) is 3.30. The van der Waals surface area contributed by atoms with E-state index in [0.29, 0.717) is 0 Å². The van der Waals surface area contributed by atoms with E-state index >= 15 is 0 Å². The Bertz CT molecular complexity index is 196. The number of hydrogen-bond donors (Lipinski definition) is 3. The summed E-state index contributed by atoms with van der Waals surface area (Å²) in [5.41, 5.74) is 5.50. The van der Waals surface area contributed by atoms with Gasteiger partial charge in [-0.05, 0) is 64.7 Å². The summed E-state index contributed by atoms with van der Waals surface area (Å²) in [6, 6.07) is 0.829. The van der Waals surface area contributed by atoms with Crippen LogP contribution in [0.25, 0.3) is 0 Å². The minimum Gasteiger partial charge on any atom is -0.330 e. The largest absolute Gasteiger partial charge is 0.330 e. The van der Waals surface area contributed by atoms with E-state index in [-0.39, 0.29) is 0 Å². The van der Waals surface area contributed by atoms with Crippen LogP contribution in [0.2, 0.25) is 0 Å². The van der Waals surface area contributed by atoms with Crippen LogP contribution in [0.15, 0.2) is 0 Å². The van der Waals surface area contributed by atoms with Crippen molar-refractivity contribution in [1.82, 2.24) is 10.6 Å². The normalized spacial score (nSPS) is 21.3. The van der Waals surface area contributed by atoms with Crippen molar-refractivity contribution in [2.24, 2.45) is 11.7 Å². The fraction of sp³-hybridized carbons (Fsp3) is 1.00. The zero-order valence-electron chi connectivity index (χ0n) is 13.6. The van der Waals surface area contributed by atoms with E-state index in [2.05, 4.69) is 10.6 Å². The maximum absolute atomic E-state index is 5.50. The summed E-state index contributed by atoms with van der Waals surface area (Å²) in [6.07, 6.45) is 15.4. The molecule has 3 nitrogen and oxygen atoms in total. The van der Waals surface area contributed by atoms with Crippen LogP contribution in [0.4, 0.5) is 0 Å². The number of nitrogens with one attached hydrogen (secondary N) is 2. The third-order valence-corrected chi connectivity index (χ3v) is 4.70. The molecule has 2 saturated carbocycles. The van der Waals surface area contributed by atoms with Gasteiger partial charge < -0.3 is 16.4 Å². The Hall–Kier alpha value is -0.120. The highest BCUT2D eigenvalue weighted by atomic mass is 14.9. The molecule has 0 aliphatic heterocycles. The molecule has 0 amide bonds. The molecule has 2 aliphatic carbocycles. The van der Waals surface area contributed by atoms with E-state index in [1.165, 1.54) is 77.2 Å². The van der Waals surface area contributed by atoms with Crippen LogP contribution < -0.4 is 16.4 Å². The Labute approximate surface area is 126 Å². The average molecular weight is 284 g/mol. The van der Waals surface area contributed by atoms with Crippen molar-refractivity contribution in [2.45, 2.75) is 76.7 Å². The summed E-state index contributed by atoms with van der Waals surface area (Å²) < 4.78 is 0. The van der Waals surface area contributed by atoms with Crippen LogP contribution in [0.1, 0.15) is 70.6 Å². The molecule has 0 spiro atoms. The Morgan fingerprint density at radius 3 is 1.95 bits per heavy atom. The van der Waals surface area contributed by atoms with Gasteiger partial charge in [0.15, 0.2) is 0 Å². The van der Waals surface area contributed by atoms with E-state index in [1.807, 2.05) is 7.05 Å². The highest BCUT2D eigenvalue weighted by Gasteiger charge is 2.11. The fourth-order valence-corrected chi connectivity index (χ4v) is 3.30. The molecule has 0 heterocycles. The van der Waals surface area contributed by atoms with Crippen LogP contribution in [-0.4, -0.2) is 32.7 Å². The summed E-state index contributed by atoms with van der Waals surface area (Å²) >= 11 is 0. The van der Waals surface area contributed by atoms with Crippen molar-refractivity contribution >= 4 is 0 Å². The molecular formula is C17H37N3. The topological polar surface area (TPSA) is 50.1 Å². The summed E-state index contributed by atoms with van der Waals surface area (Å²) in [4.78, 5) is 0. The van der Waals surface area contributed by atoms with Crippen molar-refractivity contribution in [3.05, 3.63) is 0 Å². The molecular weight excluding hydrogens is 246 g/mol. The molecule has 0 aromatic carbocycles. The van der Waals surface area contributed by atoms with Crippen molar-refractivity contribution in [3.8, 4) is 0 Å². The molecule has 0 unspecified atom stereocenters. The number of rotatable bonds is 6. The quantitative estimate of drug-likeness (QED) is 0.657. The summed E-state index contributed by atoms with van der Waals surface area (Å²) in [5.74, 6) is 0.865. The zero-order chi connectivity index (χ0) is 14.5. The van der Waals surface area contributed by atoms with E-state index in [4.69, 9.17) is 5.73 Å². The van der Waals surface area contributed by atoms with Gasteiger partial charge in [-0.1, -0.05) is 38.5 Å². The van der Waals surface area contributed by atoms with Gasteiger partial charge in [-0.2, -0.15) is 0 Å². The van der Waals surface area contributed by atoms with Crippen molar-refractivity contribution in [3.63, 3.8) is 0 Å². The first-order chi connectivity index (χ1) is 9.86. The first-order valence-corrected chi connectivity index (χ1v) is 8.95. The average Bonchev–Trinajstić information content (AvgIpc) is 2.54. The van der Waals surface area contributed by atoms with Gasteiger partial charge in [-0.25, -0.2) is 0 Å². The van der Waals surface area contributed by atoms with Gasteiger partial charge >= 0.3 is 0 Å². The third kappa shape index (κ3) is 8.93. The lowest BCUT2D eigenvalue weighted by Crippen LogP contribution is -2.32. The zero-order valence-corrected chi connectivity index (χ0v) is 13.6. The molecule has 3 heteroatoms. The second-order valence-electron chi connectivity index (χ2n) is 6.49. The van der Waals surface area contributed by atoms with Gasteiger partial charge in [0, 0.05) is 6.04 Å². The molecule has 0 aromatic heterocycles. The van der Waals surface area contributed by atoms with E-state index in [0.717, 1.165) is 25.0 Å². The molecule has 120 valence electrons. The van der Waals surface area contributed by atoms with Crippen LogP contribution >= 0.6 is 0 Å². The van der Waals surface area contributed by atoms with Gasteiger partial charge in [0.2, 0.25) is 0 Å². The molecule has 0 atom stereocenters. The maximum atomic E-state index is 5.50. The molecule has 0 bridgehead atoms. The summed E-state index contributed by atoms with van der Waals surface area (Å²) in [7, 11) is 2.01. The summed E-state index contributed by atoms with van der Waals surface area (Å²) in [5, 5.41) is 6.78. The van der Waals surface area contributed by atoms with Crippen molar-refractivity contribution < 1.29 is 0 Å². The maximum Gasteiger partial charge on any atom is 0.00670 e. The molecule has 4 N–H and O–H groups in total. The Balaban J connectivity index is 0.000000217. The molecule has 0 radical (unpaired) electrons. The predicted octanol–water partition coefficient (Wildman–Crippen LogP) is 3.04. The standard InChI is InChI=1S/C10H22N2.C7H15N/c1-11-8-5-9-12-10-6-3-2-4-7-10;8-6-7-4-2-1-3-5-7/h10-12H,2-9H2,1H3;7H,1-6,8H2. The Morgan fingerprint density at radius 1 is 0.850 bits per heavy atom.